The third-order valence-corrected chi connectivity index (χ3v) is 1.92. The highest BCUT2D eigenvalue weighted by Crippen LogP contribution is 2.03. The van der Waals surface area contributed by atoms with E-state index in [0.717, 1.165) is 6.54 Å². The van der Waals surface area contributed by atoms with E-state index < -0.39 is 0 Å². The van der Waals surface area contributed by atoms with E-state index in [4.69, 9.17) is 0 Å². The van der Waals surface area contributed by atoms with Crippen molar-refractivity contribution in [3.8, 4) is 0 Å². The quantitative estimate of drug-likeness (QED) is 0.844. The lowest BCUT2D eigenvalue weighted by atomic mass is 10.3. The maximum absolute atomic E-state index is 3.78. The fourth-order valence-corrected chi connectivity index (χ4v) is 1.14. The topological polar surface area (TPSA) is 24.9 Å². The van der Waals surface area contributed by atoms with Gasteiger partial charge in [0.15, 0.2) is 0 Å². The Kier molecular flexibility index (Phi) is 6.48. The first-order chi connectivity index (χ1) is 7.93. The highest BCUT2D eigenvalue weighted by atomic mass is 14.9. The lowest BCUT2D eigenvalue weighted by Crippen LogP contribution is -1.98. The molecule has 16 heavy (non-hydrogen) atoms. The molecule has 0 bridgehead atoms. The lowest BCUT2D eigenvalue weighted by molar-refractivity contribution is 0.980. The van der Waals surface area contributed by atoms with Crippen LogP contribution in [-0.2, 0) is 0 Å². The summed E-state index contributed by atoms with van der Waals surface area (Å²) in [6.07, 6.45) is 4.68. The van der Waals surface area contributed by atoms with Crippen LogP contribution in [0.3, 0.4) is 0 Å². The first kappa shape index (κ1) is 12.2. The van der Waals surface area contributed by atoms with Crippen molar-refractivity contribution in [2.45, 2.75) is 13.3 Å². The molecule has 2 heteroatoms. The molecular weight excluding hydrogens is 196 g/mol. The van der Waals surface area contributed by atoms with E-state index in [1.807, 2.05) is 36.4 Å². The molecule has 0 fully saturated rings. The van der Waals surface area contributed by atoms with E-state index in [9.17, 15) is 0 Å². The third kappa shape index (κ3) is 5.81. The zero-order valence-corrected chi connectivity index (χ0v) is 9.63. The van der Waals surface area contributed by atoms with Gasteiger partial charge in [-0.25, -0.2) is 0 Å². The van der Waals surface area contributed by atoms with Crippen molar-refractivity contribution in [1.82, 2.24) is 4.98 Å². The molecule has 1 aromatic heterocycles. The Morgan fingerprint density at radius 2 is 1.56 bits per heavy atom. The summed E-state index contributed by atoms with van der Waals surface area (Å²) >= 11 is 0. The summed E-state index contributed by atoms with van der Waals surface area (Å²) in [5, 5.41) is 3.29. The Bertz CT molecular complexity index is 319. The third-order valence-electron chi connectivity index (χ3n) is 1.92. The van der Waals surface area contributed by atoms with Crippen LogP contribution in [0.1, 0.15) is 13.3 Å². The largest absolute Gasteiger partial charge is 0.385 e. The smallest absolute Gasteiger partial charge is 0.0340 e. The summed E-state index contributed by atoms with van der Waals surface area (Å²) in [7, 11) is 0. The van der Waals surface area contributed by atoms with Gasteiger partial charge in [-0.3, -0.25) is 4.98 Å². The maximum Gasteiger partial charge on any atom is 0.0340 e. The summed E-state index contributed by atoms with van der Waals surface area (Å²) in [4.78, 5) is 3.78. The Morgan fingerprint density at radius 3 is 2.00 bits per heavy atom. The van der Waals surface area contributed by atoms with Crippen molar-refractivity contribution >= 4 is 5.69 Å². The van der Waals surface area contributed by atoms with Crippen LogP contribution >= 0.6 is 0 Å². The van der Waals surface area contributed by atoms with Crippen LogP contribution in [0.25, 0.3) is 0 Å². The van der Waals surface area contributed by atoms with Crippen LogP contribution < -0.4 is 5.32 Å². The van der Waals surface area contributed by atoms with Crippen LogP contribution in [-0.4, -0.2) is 11.5 Å². The molecule has 1 N–H and O–H groups in total. The van der Waals surface area contributed by atoms with Crippen LogP contribution in [0.15, 0.2) is 60.9 Å². The number of aromatic nitrogens is 1. The van der Waals surface area contributed by atoms with Gasteiger partial charge >= 0.3 is 0 Å². The lowest BCUT2D eigenvalue weighted by Gasteiger charge is -2.01. The van der Waals surface area contributed by atoms with Crippen molar-refractivity contribution < 1.29 is 0 Å². The van der Waals surface area contributed by atoms with Crippen LogP contribution in [0.2, 0.25) is 0 Å². The van der Waals surface area contributed by atoms with E-state index >= 15 is 0 Å². The van der Waals surface area contributed by atoms with E-state index in [1.54, 1.807) is 12.4 Å². The second-order valence-electron chi connectivity index (χ2n) is 3.32. The highest BCUT2D eigenvalue weighted by Gasteiger charge is 1.84. The average molecular weight is 214 g/mol. The van der Waals surface area contributed by atoms with E-state index in [-0.39, 0.29) is 0 Å². The van der Waals surface area contributed by atoms with Gasteiger partial charge < -0.3 is 5.32 Å². The molecule has 0 aliphatic heterocycles. The van der Waals surface area contributed by atoms with E-state index in [2.05, 4.69) is 29.4 Å². The summed E-state index contributed by atoms with van der Waals surface area (Å²) in [5.41, 5.74) is 1.21. The van der Waals surface area contributed by atoms with Crippen LogP contribution in [0.4, 0.5) is 5.69 Å². The van der Waals surface area contributed by atoms with Gasteiger partial charge in [0.2, 0.25) is 0 Å². The summed E-state index contributed by atoms with van der Waals surface area (Å²) in [6.45, 7) is 3.22. The zero-order valence-electron chi connectivity index (χ0n) is 9.63. The van der Waals surface area contributed by atoms with Gasteiger partial charge in [0.25, 0.3) is 0 Å². The number of anilines is 1. The number of nitrogens with one attached hydrogen (secondary N) is 1. The van der Waals surface area contributed by atoms with Gasteiger partial charge in [-0.05, 0) is 30.7 Å². The number of nitrogens with zero attached hydrogens (tertiary/aromatic N) is 1. The molecule has 0 atom stereocenters. The predicted molar refractivity (Wildman–Crippen MR) is 69.5 cm³/mol. The molecule has 0 amide bonds. The molecule has 2 nitrogen and oxygen atoms in total. The summed E-state index contributed by atoms with van der Waals surface area (Å²) in [5.74, 6) is 0. The Morgan fingerprint density at radius 1 is 0.938 bits per heavy atom. The number of benzene rings is 1. The van der Waals surface area contributed by atoms with Crippen LogP contribution in [0, 0.1) is 0 Å². The molecule has 0 spiro atoms. The molecule has 1 aromatic carbocycles. The number of pyridine rings is 1. The summed E-state index contributed by atoms with van der Waals surface area (Å²) in [6, 6.07) is 16.0. The second kappa shape index (κ2) is 8.48. The number of para-hydroxylation sites is 1. The Labute approximate surface area is 97.4 Å². The minimum absolute atomic E-state index is 1.06. The van der Waals surface area contributed by atoms with Gasteiger partial charge in [0.05, 0.1) is 0 Å². The second-order valence-corrected chi connectivity index (χ2v) is 3.32. The van der Waals surface area contributed by atoms with Gasteiger partial charge in [-0.1, -0.05) is 31.2 Å². The molecule has 84 valence electrons. The Hall–Kier alpha value is -1.83. The molecule has 0 saturated heterocycles. The molecule has 2 rings (SSSR count). The van der Waals surface area contributed by atoms with Gasteiger partial charge in [-0.2, -0.15) is 0 Å². The number of hydrogen-bond donors (Lipinski definition) is 1. The predicted octanol–water partition coefficient (Wildman–Crippen LogP) is 3.59. The average Bonchev–Trinajstić information content (AvgIpc) is 2.40. The molecule has 0 unspecified atom stereocenters. The minimum atomic E-state index is 1.06. The van der Waals surface area contributed by atoms with E-state index in [0.29, 0.717) is 0 Å². The minimum Gasteiger partial charge on any atom is -0.385 e. The SMILES string of the molecule is CCCNc1ccccc1.c1ccncc1. The molecular formula is C14H18N2. The summed E-state index contributed by atoms with van der Waals surface area (Å²) < 4.78 is 0. The fourth-order valence-electron chi connectivity index (χ4n) is 1.14. The van der Waals surface area contributed by atoms with Crippen molar-refractivity contribution in [1.29, 1.82) is 0 Å². The monoisotopic (exact) mass is 214 g/mol. The molecule has 1 heterocycles. The number of rotatable bonds is 3. The molecule has 0 radical (unpaired) electrons. The fraction of sp³-hybridized carbons (Fsp3) is 0.214. The highest BCUT2D eigenvalue weighted by molar-refractivity contribution is 5.42. The van der Waals surface area contributed by atoms with Crippen molar-refractivity contribution in [3.05, 3.63) is 60.9 Å². The van der Waals surface area contributed by atoms with Crippen molar-refractivity contribution in [3.63, 3.8) is 0 Å². The standard InChI is InChI=1S/C9H13N.C5H5N/c1-2-8-10-9-6-4-3-5-7-9;1-2-4-6-5-3-1/h3-7,10H,2,8H2,1H3;1-5H. The van der Waals surface area contributed by atoms with Gasteiger partial charge in [0, 0.05) is 24.6 Å². The zero-order chi connectivity index (χ0) is 11.5. The van der Waals surface area contributed by atoms with Gasteiger partial charge in [0.1, 0.15) is 0 Å². The van der Waals surface area contributed by atoms with Crippen molar-refractivity contribution in [2.75, 3.05) is 11.9 Å². The van der Waals surface area contributed by atoms with E-state index in [1.165, 1.54) is 12.1 Å². The van der Waals surface area contributed by atoms with Crippen molar-refractivity contribution in [2.24, 2.45) is 0 Å². The van der Waals surface area contributed by atoms with Crippen LogP contribution in [0.5, 0.6) is 0 Å². The Balaban J connectivity index is 0.000000181. The number of hydrogen-bond acceptors (Lipinski definition) is 2. The molecule has 2 aromatic rings. The first-order valence-corrected chi connectivity index (χ1v) is 5.57. The van der Waals surface area contributed by atoms with Gasteiger partial charge in [-0.15, -0.1) is 0 Å². The normalized spacial score (nSPS) is 8.81. The maximum atomic E-state index is 3.78. The molecule has 0 aliphatic rings. The first-order valence-electron chi connectivity index (χ1n) is 5.57. The molecule has 0 aliphatic carbocycles. The molecule has 0 saturated carbocycles.